The van der Waals surface area contributed by atoms with Crippen LogP contribution in [0.4, 0.5) is 0 Å². The number of benzene rings is 18. The largest absolute Gasteiger partial charge is 0.309 e. The number of hydrogen-bond donors (Lipinski definition) is 0. The van der Waals surface area contributed by atoms with Gasteiger partial charge < -0.3 is 18.3 Å². The second kappa shape index (κ2) is 29.7. The molecule has 0 radical (unpaired) electrons. The van der Waals surface area contributed by atoms with Gasteiger partial charge in [0.05, 0.1) is 66.9 Å². The lowest BCUT2D eigenvalue weighted by Gasteiger charge is -2.13. The number of aromatic nitrogens is 8. The molecule has 8 heteroatoms. The van der Waals surface area contributed by atoms with Gasteiger partial charge in [-0.15, -0.1) is 0 Å². The van der Waals surface area contributed by atoms with Crippen molar-refractivity contribution in [3.8, 4) is 146 Å². The highest BCUT2D eigenvalue weighted by molar-refractivity contribution is 6.15. The van der Waals surface area contributed by atoms with Crippen molar-refractivity contribution in [2.45, 2.75) is 0 Å². The van der Waals surface area contributed by atoms with Gasteiger partial charge in [-0.05, 0) is 195 Å². The van der Waals surface area contributed by atoms with E-state index in [-0.39, 0.29) is 0 Å². The molecule has 24 aromatic rings. The zero-order chi connectivity index (χ0) is 81.7. The minimum Gasteiger partial charge on any atom is -0.309 e. The maximum atomic E-state index is 5.42. The molecule has 0 N–H and O–H groups in total. The maximum absolute atomic E-state index is 5.42. The van der Waals surface area contributed by atoms with Crippen LogP contribution in [0.3, 0.4) is 0 Å². The van der Waals surface area contributed by atoms with Crippen molar-refractivity contribution < 1.29 is 0 Å². The molecule has 0 atom stereocenters. The van der Waals surface area contributed by atoms with Gasteiger partial charge in [-0.2, -0.15) is 0 Å². The van der Waals surface area contributed by atoms with Crippen molar-refractivity contribution >= 4 is 87.2 Å². The Kier molecular flexibility index (Phi) is 17.1. The van der Waals surface area contributed by atoms with E-state index in [1.54, 1.807) is 0 Å². The smallest absolute Gasteiger partial charge is 0.160 e. The summed E-state index contributed by atoms with van der Waals surface area (Å²) in [5, 5.41) is 9.63. The fourth-order valence-electron chi connectivity index (χ4n) is 18.8. The van der Waals surface area contributed by atoms with E-state index >= 15 is 0 Å². The molecular formula is C116H74N8. The monoisotopic (exact) mass is 1580 g/mol. The van der Waals surface area contributed by atoms with Crippen LogP contribution in [-0.2, 0) is 0 Å². The summed E-state index contributed by atoms with van der Waals surface area (Å²) in [6.07, 6.45) is 0. The molecule has 124 heavy (non-hydrogen) atoms. The van der Waals surface area contributed by atoms with Crippen molar-refractivity contribution in [1.29, 1.82) is 0 Å². The van der Waals surface area contributed by atoms with Gasteiger partial charge in [-0.3, -0.25) is 0 Å². The first-order valence-electron chi connectivity index (χ1n) is 42.2. The van der Waals surface area contributed by atoms with Crippen LogP contribution in [-0.4, -0.2) is 38.2 Å². The molecule has 18 aromatic carbocycles. The molecule has 0 aliphatic heterocycles. The zero-order valence-corrected chi connectivity index (χ0v) is 67.3. The lowest BCUT2D eigenvalue weighted by molar-refractivity contribution is 1.16. The normalized spacial score (nSPS) is 11.7. The topological polar surface area (TPSA) is 71.3 Å². The van der Waals surface area contributed by atoms with E-state index in [2.05, 4.69) is 443 Å². The third kappa shape index (κ3) is 12.5. The summed E-state index contributed by atoms with van der Waals surface area (Å²) < 4.78 is 9.56. The van der Waals surface area contributed by atoms with E-state index in [0.717, 1.165) is 151 Å². The van der Waals surface area contributed by atoms with Gasteiger partial charge in [0, 0.05) is 99.2 Å². The van der Waals surface area contributed by atoms with E-state index in [0.29, 0.717) is 11.6 Å². The number of nitrogens with zero attached hydrogens (tertiary/aromatic N) is 8. The van der Waals surface area contributed by atoms with Crippen molar-refractivity contribution in [2.24, 2.45) is 0 Å². The van der Waals surface area contributed by atoms with Crippen LogP contribution >= 0.6 is 0 Å². The lowest BCUT2D eigenvalue weighted by atomic mass is 9.98. The molecule has 24 rings (SSSR count). The first-order chi connectivity index (χ1) is 61.4. The number of hydrogen-bond acceptors (Lipinski definition) is 4. The molecule has 0 aliphatic rings. The Hall–Kier alpha value is -16.7. The minimum atomic E-state index is 0.648. The highest BCUT2D eigenvalue weighted by Gasteiger charge is 2.23. The average Bonchev–Trinajstić information content (AvgIpc) is 1.59. The molecule has 8 nitrogen and oxygen atoms in total. The summed E-state index contributed by atoms with van der Waals surface area (Å²) in [5.74, 6) is 1.32. The van der Waals surface area contributed by atoms with E-state index in [1.165, 1.54) is 71.1 Å². The molecule has 0 aliphatic carbocycles. The predicted octanol–water partition coefficient (Wildman–Crippen LogP) is 30.0. The van der Waals surface area contributed by atoms with Gasteiger partial charge in [0.1, 0.15) is 0 Å². The summed E-state index contributed by atoms with van der Waals surface area (Å²) in [6.45, 7) is 0. The van der Waals surface area contributed by atoms with Crippen LogP contribution in [0.5, 0.6) is 0 Å². The second-order valence-corrected chi connectivity index (χ2v) is 32.1. The Balaban J connectivity index is 0.562. The first-order valence-corrected chi connectivity index (χ1v) is 42.2. The number of fused-ring (bicyclic) bond motifs is 12. The summed E-state index contributed by atoms with van der Waals surface area (Å²) in [4.78, 5) is 21.2. The molecule has 0 unspecified atom stereocenters. The van der Waals surface area contributed by atoms with Gasteiger partial charge in [-0.25, -0.2) is 19.9 Å². The second-order valence-electron chi connectivity index (χ2n) is 32.1. The molecule has 6 heterocycles. The van der Waals surface area contributed by atoms with Gasteiger partial charge >= 0.3 is 0 Å². The quantitative estimate of drug-likeness (QED) is 0.103. The summed E-state index contributed by atoms with van der Waals surface area (Å²) >= 11 is 0. The Morgan fingerprint density at radius 2 is 0.363 bits per heavy atom. The van der Waals surface area contributed by atoms with E-state index in [4.69, 9.17) is 19.9 Å². The van der Waals surface area contributed by atoms with Crippen LogP contribution in [0.1, 0.15) is 0 Å². The molecule has 6 aromatic heterocycles. The van der Waals surface area contributed by atoms with Crippen LogP contribution in [0.25, 0.3) is 233 Å². The molecule has 0 spiro atoms. The zero-order valence-electron chi connectivity index (χ0n) is 67.3. The van der Waals surface area contributed by atoms with Crippen LogP contribution in [0, 0.1) is 0 Å². The molecule has 0 amide bonds. The number of para-hydroxylation sites is 5. The Morgan fingerprint density at radius 1 is 0.121 bits per heavy atom. The van der Waals surface area contributed by atoms with Gasteiger partial charge in [0.25, 0.3) is 0 Å². The summed E-state index contributed by atoms with van der Waals surface area (Å²) in [7, 11) is 0. The highest BCUT2D eigenvalue weighted by Crippen LogP contribution is 2.44. The highest BCUT2D eigenvalue weighted by atomic mass is 15.0. The SMILES string of the molecule is c1ccc(-c2cc(-c3ccc(-c4ccc5c(c4)c4ccc(-c6ccc(-c7ccc8c(c7)c7ccccc7n8-c7ccccc7)cc6)cc4n5-c4cccc(-c5cc(-c6ccccc6)nc(-c6ccccc6)n5)c4)cc3)nc(-c3ccc(-n4c5ccccc5c5ccc(-c6ccc(-c7ccc8c(c7)c7ccccc7n8-c7ccccc7)cc6)cc54)cc3)n2)cc1. The van der Waals surface area contributed by atoms with Crippen molar-refractivity contribution in [3.63, 3.8) is 0 Å². The molecule has 0 saturated carbocycles. The first kappa shape index (κ1) is 71.4. The number of rotatable bonds is 15. The molecule has 0 fully saturated rings. The van der Waals surface area contributed by atoms with E-state index < -0.39 is 0 Å². The van der Waals surface area contributed by atoms with Crippen molar-refractivity contribution in [1.82, 2.24) is 38.2 Å². The molecular weight excluding hydrogens is 1510 g/mol. The lowest BCUT2D eigenvalue weighted by Crippen LogP contribution is -1.98. The molecule has 0 bridgehead atoms. The van der Waals surface area contributed by atoms with Crippen molar-refractivity contribution in [2.75, 3.05) is 0 Å². The maximum Gasteiger partial charge on any atom is 0.160 e. The standard InChI is InChI=1S/C116H74N8/c1-6-23-80(24-7-1)103-73-105(119-116(118-103)84-53-60-93(61-54-84)123-107-38-19-16-35-95(107)98-62-55-88(71-113(98)123)78-45-41-75(42-46-78)85-57-64-110-100(68-85)96-36-17-20-39-108(96)121(110)91-30-12-4-13-31-91)82-51-49-77(50-52-82)87-59-66-112-102(70-87)99-63-56-89(79-47-43-76(44-48-79)86-58-65-111-101(69-86)97-37-18-21-40-109(97)122(111)92-32-14-5-15-33-92)72-114(99)124(112)94-34-22-29-90(67-94)106-74-104(81-25-8-2-9-26-81)117-115(120-106)83-27-10-3-11-28-83/h1-74H. The fraction of sp³-hybridized carbons (Fsp3) is 0. The molecule has 578 valence electrons. The predicted molar refractivity (Wildman–Crippen MR) is 515 cm³/mol. The third-order valence-corrected chi connectivity index (χ3v) is 24.8. The van der Waals surface area contributed by atoms with E-state index in [9.17, 15) is 0 Å². The Morgan fingerprint density at radius 3 is 0.774 bits per heavy atom. The Labute approximate surface area is 715 Å². The minimum absolute atomic E-state index is 0.648. The van der Waals surface area contributed by atoms with Crippen molar-refractivity contribution in [3.05, 3.63) is 449 Å². The van der Waals surface area contributed by atoms with Gasteiger partial charge in [0.2, 0.25) is 0 Å². The van der Waals surface area contributed by atoms with E-state index in [1.807, 2.05) is 24.3 Å². The van der Waals surface area contributed by atoms with Gasteiger partial charge in [-0.1, -0.05) is 309 Å². The summed E-state index contributed by atoms with van der Waals surface area (Å²) in [6, 6.07) is 162. The fourth-order valence-corrected chi connectivity index (χ4v) is 18.8. The molecule has 0 saturated heterocycles. The van der Waals surface area contributed by atoms with Crippen LogP contribution < -0.4 is 0 Å². The average molecular weight is 1580 g/mol. The third-order valence-electron chi connectivity index (χ3n) is 24.8. The van der Waals surface area contributed by atoms with Gasteiger partial charge in [0.15, 0.2) is 11.6 Å². The van der Waals surface area contributed by atoms with Crippen LogP contribution in [0.15, 0.2) is 449 Å². The van der Waals surface area contributed by atoms with Crippen LogP contribution in [0.2, 0.25) is 0 Å². The summed E-state index contributed by atoms with van der Waals surface area (Å²) in [5.41, 5.74) is 34.3. The Bertz CT molecular complexity index is 8220.